The third-order valence-electron chi connectivity index (χ3n) is 5.86. The molecule has 0 amide bonds. The summed E-state index contributed by atoms with van der Waals surface area (Å²) in [5.74, 6) is 1.04. The third kappa shape index (κ3) is 4.42. The molecule has 3 rings (SSSR count). The van der Waals surface area contributed by atoms with Crippen molar-refractivity contribution in [2.24, 2.45) is 5.92 Å². The van der Waals surface area contributed by atoms with E-state index in [9.17, 15) is 5.11 Å². The molecule has 0 bridgehead atoms. The normalized spacial score (nSPS) is 23.5. The van der Waals surface area contributed by atoms with Gasteiger partial charge in [-0.3, -0.25) is 9.80 Å². The van der Waals surface area contributed by atoms with Crippen LogP contribution in [-0.2, 0) is 6.54 Å². The highest BCUT2D eigenvalue weighted by molar-refractivity contribution is 6.31. The lowest BCUT2D eigenvalue weighted by molar-refractivity contribution is 0.0598. The second kappa shape index (κ2) is 8.05. The van der Waals surface area contributed by atoms with Crippen molar-refractivity contribution < 1.29 is 5.11 Å². The van der Waals surface area contributed by atoms with E-state index in [1.54, 1.807) is 12.1 Å². The average Bonchev–Trinajstić information content (AvgIpc) is 2.58. The summed E-state index contributed by atoms with van der Waals surface area (Å²) in [6.07, 6.45) is 2.53. The topological polar surface area (TPSA) is 30.0 Å². The first-order valence-electron chi connectivity index (χ1n) is 9.15. The van der Waals surface area contributed by atoms with E-state index in [2.05, 4.69) is 28.7 Å². The highest BCUT2D eigenvalue weighted by Crippen LogP contribution is 2.28. The number of likely N-dealkylation sites (tertiary alicyclic amines) is 1. The molecule has 1 aromatic carbocycles. The van der Waals surface area contributed by atoms with Gasteiger partial charge >= 0.3 is 0 Å². The first-order valence-corrected chi connectivity index (χ1v) is 9.53. The summed E-state index contributed by atoms with van der Waals surface area (Å²) >= 11 is 6.24. The monoisotopic (exact) mass is 351 g/mol. The molecule has 2 aliphatic heterocycles. The Morgan fingerprint density at radius 1 is 1.12 bits per heavy atom. The molecule has 0 aromatic heterocycles. The number of phenolic OH excluding ortho intramolecular Hbond substituents is 1. The van der Waals surface area contributed by atoms with Crippen LogP contribution in [0.15, 0.2) is 18.2 Å². The number of rotatable bonds is 4. The predicted octanol–water partition coefficient (Wildman–Crippen LogP) is 2.89. The average molecular weight is 352 g/mol. The largest absolute Gasteiger partial charge is 0.508 e. The number of piperidine rings is 1. The standard InChI is InChI=1S/C19H30ClN3O/c1-15(23-11-9-21(2)10-12-23)16-5-7-22(8-6-16)14-17-3-4-18(24)13-19(17)20/h3-4,13,15-16,24H,5-12,14H2,1-2H3/t15-/m1/s1. The Morgan fingerprint density at radius 2 is 1.79 bits per heavy atom. The molecule has 2 saturated heterocycles. The van der Waals surface area contributed by atoms with Crippen LogP contribution in [0, 0.1) is 5.92 Å². The van der Waals surface area contributed by atoms with Crippen molar-refractivity contribution in [3.63, 3.8) is 0 Å². The highest BCUT2D eigenvalue weighted by atomic mass is 35.5. The molecule has 0 unspecified atom stereocenters. The fourth-order valence-corrected chi connectivity index (χ4v) is 4.26. The van der Waals surface area contributed by atoms with Crippen LogP contribution in [-0.4, -0.2) is 72.2 Å². The summed E-state index contributed by atoms with van der Waals surface area (Å²) in [6.45, 7) is 10.4. The van der Waals surface area contributed by atoms with E-state index in [-0.39, 0.29) is 5.75 Å². The Bertz CT molecular complexity index is 537. The Balaban J connectivity index is 1.48. The van der Waals surface area contributed by atoms with Crippen molar-refractivity contribution in [1.29, 1.82) is 0 Å². The molecule has 1 atom stereocenters. The molecule has 4 nitrogen and oxygen atoms in total. The van der Waals surface area contributed by atoms with Gasteiger partial charge in [-0.05, 0) is 63.5 Å². The second-order valence-corrected chi connectivity index (χ2v) is 7.88. The summed E-state index contributed by atoms with van der Waals surface area (Å²) < 4.78 is 0. The molecule has 0 spiro atoms. The lowest BCUT2D eigenvalue weighted by Crippen LogP contribution is -2.51. The number of aromatic hydroxyl groups is 1. The van der Waals surface area contributed by atoms with Gasteiger partial charge < -0.3 is 10.0 Å². The van der Waals surface area contributed by atoms with Gasteiger partial charge in [0.1, 0.15) is 5.75 Å². The minimum Gasteiger partial charge on any atom is -0.508 e. The van der Waals surface area contributed by atoms with Crippen molar-refractivity contribution in [3.8, 4) is 5.75 Å². The van der Waals surface area contributed by atoms with Gasteiger partial charge in [-0.2, -0.15) is 0 Å². The van der Waals surface area contributed by atoms with Gasteiger partial charge in [-0.1, -0.05) is 17.7 Å². The summed E-state index contributed by atoms with van der Waals surface area (Å²) in [4.78, 5) is 7.59. The number of halogens is 1. The molecule has 134 valence electrons. The molecular weight excluding hydrogens is 322 g/mol. The molecule has 0 saturated carbocycles. The molecule has 0 aliphatic carbocycles. The van der Waals surface area contributed by atoms with Crippen LogP contribution in [0.5, 0.6) is 5.75 Å². The number of benzene rings is 1. The smallest absolute Gasteiger partial charge is 0.117 e. The maximum absolute atomic E-state index is 9.47. The zero-order chi connectivity index (χ0) is 17.1. The summed E-state index contributed by atoms with van der Waals surface area (Å²) in [5, 5.41) is 10.1. The zero-order valence-corrected chi connectivity index (χ0v) is 15.7. The molecular formula is C19H30ClN3O. The van der Waals surface area contributed by atoms with Gasteiger partial charge in [0.15, 0.2) is 0 Å². The van der Waals surface area contributed by atoms with Crippen LogP contribution in [0.2, 0.25) is 5.02 Å². The Morgan fingerprint density at radius 3 is 2.42 bits per heavy atom. The molecule has 2 heterocycles. The minimum atomic E-state index is 0.239. The third-order valence-corrected chi connectivity index (χ3v) is 6.21. The second-order valence-electron chi connectivity index (χ2n) is 7.47. The number of hydrogen-bond donors (Lipinski definition) is 1. The van der Waals surface area contributed by atoms with Crippen molar-refractivity contribution in [1.82, 2.24) is 14.7 Å². The molecule has 2 aliphatic rings. The first-order chi connectivity index (χ1) is 11.5. The van der Waals surface area contributed by atoms with Crippen molar-refractivity contribution in [3.05, 3.63) is 28.8 Å². The number of nitrogens with zero attached hydrogens (tertiary/aromatic N) is 3. The number of hydrogen-bond acceptors (Lipinski definition) is 4. The van der Waals surface area contributed by atoms with E-state index in [0.29, 0.717) is 11.1 Å². The molecule has 5 heteroatoms. The molecule has 24 heavy (non-hydrogen) atoms. The first kappa shape index (κ1) is 18.0. The van der Waals surface area contributed by atoms with Crippen molar-refractivity contribution >= 4 is 11.6 Å². The quantitative estimate of drug-likeness (QED) is 0.903. The van der Waals surface area contributed by atoms with Crippen LogP contribution >= 0.6 is 11.6 Å². The lowest BCUT2D eigenvalue weighted by atomic mass is 9.89. The van der Waals surface area contributed by atoms with Gasteiger partial charge in [0.2, 0.25) is 0 Å². The fourth-order valence-electron chi connectivity index (χ4n) is 4.03. The molecule has 0 radical (unpaired) electrons. The number of piperazine rings is 1. The lowest BCUT2D eigenvalue weighted by Gasteiger charge is -2.42. The van der Waals surface area contributed by atoms with E-state index in [0.717, 1.165) is 31.1 Å². The fraction of sp³-hybridized carbons (Fsp3) is 0.684. The van der Waals surface area contributed by atoms with E-state index in [1.807, 2.05) is 6.07 Å². The van der Waals surface area contributed by atoms with E-state index in [4.69, 9.17) is 11.6 Å². The van der Waals surface area contributed by atoms with Crippen LogP contribution in [0.25, 0.3) is 0 Å². The highest BCUT2D eigenvalue weighted by Gasteiger charge is 2.29. The van der Waals surface area contributed by atoms with Crippen molar-refractivity contribution in [2.45, 2.75) is 32.4 Å². The molecule has 1 aromatic rings. The van der Waals surface area contributed by atoms with E-state index < -0.39 is 0 Å². The molecule has 1 N–H and O–H groups in total. The Kier molecular flexibility index (Phi) is 6.03. The van der Waals surface area contributed by atoms with Crippen LogP contribution in [0.1, 0.15) is 25.3 Å². The van der Waals surface area contributed by atoms with E-state index >= 15 is 0 Å². The number of phenols is 1. The Hall–Kier alpha value is -0.810. The maximum atomic E-state index is 9.47. The predicted molar refractivity (Wildman–Crippen MR) is 99.6 cm³/mol. The van der Waals surface area contributed by atoms with Gasteiger partial charge in [0.25, 0.3) is 0 Å². The summed E-state index contributed by atoms with van der Waals surface area (Å²) in [5.41, 5.74) is 1.11. The summed E-state index contributed by atoms with van der Waals surface area (Å²) in [7, 11) is 2.22. The van der Waals surface area contributed by atoms with Crippen LogP contribution in [0.4, 0.5) is 0 Å². The Labute approximate surface area is 151 Å². The molecule has 2 fully saturated rings. The van der Waals surface area contributed by atoms with Crippen molar-refractivity contribution in [2.75, 3.05) is 46.3 Å². The minimum absolute atomic E-state index is 0.239. The maximum Gasteiger partial charge on any atom is 0.117 e. The van der Waals surface area contributed by atoms with Crippen LogP contribution < -0.4 is 0 Å². The number of likely N-dealkylation sites (N-methyl/N-ethyl adjacent to an activating group) is 1. The zero-order valence-electron chi connectivity index (χ0n) is 14.9. The summed E-state index contributed by atoms with van der Waals surface area (Å²) in [6, 6.07) is 6.00. The van der Waals surface area contributed by atoms with Crippen LogP contribution in [0.3, 0.4) is 0 Å². The van der Waals surface area contributed by atoms with Gasteiger partial charge in [0.05, 0.1) is 0 Å². The SMILES string of the molecule is C[C@H](C1CCN(Cc2ccc(O)cc2Cl)CC1)N1CCN(C)CC1. The van der Waals surface area contributed by atoms with Gasteiger partial charge in [0, 0.05) is 43.8 Å². The van der Waals surface area contributed by atoms with E-state index in [1.165, 1.54) is 39.0 Å². The van der Waals surface area contributed by atoms with Gasteiger partial charge in [-0.25, -0.2) is 0 Å². The van der Waals surface area contributed by atoms with Gasteiger partial charge in [-0.15, -0.1) is 0 Å².